The number of hydrogen-bond donors (Lipinski definition) is 0. The second-order valence-corrected chi connectivity index (χ2v) is 7.67. The number of nitrogens with zero attached hydrogens (tertiary/aromatic N) is 3. The van der Waals surface area contributed by atoms with Crippen molar-refractivity contribution in [1.29, 1.82) is 0 Å². The molecule has 0 bridgehead atoms. The van der Waals surface area contributed by atoms with E-state index in [1.807, 2.05) is 12.1 Å². The fourth-order valence-electron chi connectivity index (χ4n) is 4.04. The average Bonchev–Trinajstić information content (AvgIpc) is 2.80. The molecular weight excluding hydrogens is 414 g/mol. The fraction of sp³-hybridized carbons (Fsp3) is 0.435. The van der Waals surface area contributed by atoms with Gasteiger partial charge in [0.1, 0.15) is 6.61 Å². The molecule has 0 unspecified atom stereocenters. The van der Waals surface area contributed by atoms with Crippen molar-refractivity contribution in [3.63, 3.8) is 0 Å². The first-order valence-electron chi connectivity index (χ1n) is 10.5. The van der Waals surface area contributed by atoms with Crippen molar-refractivity contribution in [3.05, 3.63) is 58.1 Å². The lowest BCUT2D eigenvalue weighted by Crippen LogP contribution is -2.48. The monoisotopic (exact) mass is 443 g/mol. The number of benzene rings is 2. The van der Waals surface area contributed by atoms with Crippen molar-refractivity contribution < 1.29 is 23.9 Å². The van der Waals surface area contributed by atoms with E-state index in [-0.39, 0.29) is 24.2 Å². The van der Waals surface area contributed by atoms with E-state index in [1.165, 1.54) is 19.2 Å². The lowest BCUT2D eigenvalue weighted by Gasteiger charge is -2.38. The van der Waals surface area contributed by atoms with Crippen LogP contribution in [0.5, 0.6) is 11.5 Å². The molecule has 0 spiro atoms. The predicted octanol–water partition coefficient (Wildman–Crippen LogP) is 3.26. The number of ether oxygens (including phenoxy) is 3. The Bertz CT molecular complexity index is 926. The van der Waals surface area contributed by atoms with E-state index in [0.717, 1.165) is 37.2 Å². The summed E-state index contributed by atoms with van der Waals surface area (Å²) in [6.45, 7) is 2.34. The van der Waals surface area contributed by atoms with Crippen molar-refractivity contribution in [2.45, 2.75) is 25.4 Å². The third-order valence-corrected chi connectivity index (χ3v) is 5.66. The van der Waals surface area contributed by atoms with Gasteiger partial charge in [0.05, 0.1) is 19.1 Å². The van der Waals surface area contributed by atoms with Crippen molar-refractivity contribution >= 4 is 17.3 Å². The summed E-state index contributed by atoms with van der Waals surface area (Å²) in [7, 11) is 4.66. The lowest BCUT2D eigenvalue weighted by molar-refractivity contribution is -0.384. The first-order chi connectivity index (χ1) is 15.5. The highest BCUT2D eigenvalue weighted by atomic mass is 16.6. The maximum absolute atomic E-state index is 12.9. The zero-order valence-corrected chi connectivity index (χ0v) is 18.7. The van der Waals surface area contributed by atoms with E-state index in [2.05, 4.69) is 4.90 Å². The molecule has 9 heteroatoms. The van der Waals surface area contributed by atoms with Crippen LogP contribution in [0.25, 0.3) is 0 Å². The Balaban J connectivity index is 1.70. The second kappa shape index (κ2) is 10.9. The average molecular weight is 444 g/mol. The highest BCUT2D eigenvalue weighted by Gasteiger charge is 2.29. The van der Waals surface area contributed by atoms with Crippen molar-refractivity contribution in [3.8, 4) is 11.5 Å². The smallest absolute Gasteiger partial charge is 0.269 e. The normalized spacial score (nSPS) is 14.7. The van der Waals surface area contributed by atoms with Gasteiger partial charge in [-0.2, -0.15) is 0 Å². The van der Waals surface area contributed by atoms with E-state index in [1.54, 1.807) is 37.3 Å². The van der Waals surface area contributed by atoms with Gasteiger partial charge in [-0.1, -0.05) is 12.1 Å². The Hall–Kier alpha value is -3.17. The molecule has 2 aromatic carbocycles. The summed E-state index contributed by atoms with van der Waals surface area (Å²) in [5.41, 5.74) is 1.87. The molecule has 172 valence electrons. The van der Waals surface area contributed by atoms with Crippen LogP contribution in [0.2, 0.25) is 0 Å². The molecule has 1 amide bonds. The number of anilines is 1. The van der Waals surface area contributed by atoms with Crippen molar-refractivity contribution in [1.82, 2.24) is 4.90 Å². The maximum Gasteiger partial charge on any atom is 0.269 e. The van der Waals surface area contributed by atoms with Crippen LogP contribution in [0, 0.1) is 10.1 Å². The summed E-state index contributed by atoms with van der Waals surface area (Å²) in [6.07, 6.45) is 1.60. The van der Waals surface area contributed by atoms with Crippen molar-refractivity contribution in [2.24, 2.45) is 0 Å². The third-order valence-electron chi connectivity index (χ3n) is 5.66. The number of methoxy groups -OCH3 is 3. The van der Waals surface area contributed by atoms with Gasteiger partial charge in [0.2, 0.25) is 0 Å². The van der Waals surface area contributed by atoms with E-state index >= 15 is 0 Å². The minimum atomic E-state index is -0.394. The first-order valence-corrected chi connectivity index (χ1v) is 10.5. The van der Waals surface area contributed by atoms with E-state index in [4.69, 9.17) is 14.2 Å². The summed E-state index contributed by atoms with van der Waals surface area (Å²) in [4.78, 5) is 27.5. The maximum atomic E-state index is 12.9. The van der Waals surface area contributed by atoms with Crippen LogP contribution in [0.3, 0.4) is 0 Å². The largest absolute Gasteiger partial charge is 0.493 e. The van der Waals surface area contributed by atoms with Crippen LogP contribution in [0.1, 0.15) is 18.4 Å². The van der Waals surface area contributed by atoms with Gasteiger partial charge in [0, 0.05) is 56.7 Å². The molecule has 0 atom stereocenters. The standard InChI is InChI=1S/C23H29N3O6/c1-30-16-23(27)25(20-8-9-21(31-2)22(14-20)32-3)18-10-12-24(13-11-18)15-17-4-6-19(7-5-17)26(28)29/h4-9,14,18H,10-13,15-16H2,1-3H3. The van der Waals surface area contributed by atoms with Gasteiger partial charge in [-0.15, -0.1) is 0 Å². The number of hydrogen-bond acceptors (Lipinski definition) is 7. The van der Waals surface area contributed by atoms with Crippen LogP contribution < -0.4 is 14.4 Å². The van der Waals surface area contributed by atoms with Crippen LogP contribution >= 0.6 is 0 Å². The quantitative estimate of drug-likeness (QED) is 0.434. The molecule has 1 heterocycles. The van der Waals surface area contributed by atoms with Gasteiger partial charge in [0.25, 0.3) is 11.6 Å². The number of rotatable bonds is 9. The Kier molecular flexibility index (Phi) is 8.02. The van der Waals surface area contributed by atoms with Gasteiger partial charge >= 0.3 is 0 Å². The number of carbonyl (C=O) groups is 1. The van der Waals surface area contributed by atoms with Gasteiger partial charge in [-0.3, -0.25) is 19.8 Å². The minimum absolute atomic E-state index is 0.00263. The molecule has 1 fully saturated rings. The summed E-state index contributed by atoms with van der Waals surface area (Å²) < 4.78 is 15.9. The van der Waals surface area contributed by atoms with E-state index in [0.29, 0.717) is 18.0 Å². The molecular formula is C23H29N3O6. The molecule has 1 aliphatic heterocycles. The van der Waals surface area contributed by atoms with Gasteiger partial charge in [-0.25, -0.2) is 0 Å². The predicted molar refractivity (Wildman–Crippen MR) is 120 cm³/mol. The minimum Gasteiger partial charge on any atom is -0.493 e. The highest BCUT2D eigenvalue weighted by Crippen LogP contribution is 2.34. The van der Waals surface area contributed by atoms with Gasteiger partial charge in [-0.05, 0) is 30.5 Å². The van der Waals surface area contributed by atoms with Crippen molar-refractivity contribution in [2.75, 3.05) is 45.9 Å². The zero-order chi connectivity index (χ0) is 23.1. The Morgan fingerprint density at radius 2 is 1.72 bits per heavy atom. The summed E-state index contributed by atoms with van der Waals surface area (Å²) in [5, 5.41) is 10.8. The number of carbonyl (C=O) groups excluding carboxylic acids is 1. The van der Waals surface area contributed by atoms with Crippen LogP contribution in [0.4, 0.5) is 11.4 Å². The molecule has 3 rings (SSSR count). The topological polar surface area (TPSA) is 94.4 Å². The summed E-state index contributed by atoms with van der Waals surface area (Å²) >= 11 is 0. The molecule has 0 aliphatic carbocycles. The Labute approximate surface area is 187 Å². The lowest BCUT2D eigenvalue weighted by atomic mass is 10.0. The molecule has 1 aliphatic rings. The molecule has 32 heavy (non-hydrogen) atoms. The number of nitro groups is 1. The molecule has 0 aromatic heterocycles. The zero-order valence-electron chi connectivity index (χ0n) is 18.7. The number of nitro benzene ring substituents is 1. The molecule has 0 N–H and O–H groups in total. The molecule has 1 saturated heterocycles. The molecule has 0 saturated carbocycles. The first kappa shape index (κ1) is 23.5. The molecule has 2 aromatic rings. The SMILES string of the molecule is COCC(=O)N(c1ccc(OC)c(OC)c1)C1CCN(Cc2ccc([N+](=O)[O-])cc2)CC1. The number of non-ortho nitro benzene ring substituents is 1. The fourth-order valence-corrected chi connectivity index (χ4v) is 4.04. The van der Waals surface area contributed by atoms with Crippen LogP contribution in [-0.2, 0) is 16.1 Å². The molecule has 0 radical (unpaired) electrons. The summed E-state index contributed by atoms with van der Waals surface area (Å²) in [5.74, 6) is 1.07. The van der Waals surface area contributed by atoms with Gasteiger partial charge < -0.3 is 19.1 Å². The summed E-state index contributed by atoms with van der Waals surface area (Å²) in [6, 6.07) is 12.2. The van der Waals surface area contributed by atoms with Crippen LogP contribution in [0.15, 0.2) is 42.5 Å². The Morgan fingerprint density at radius 3 is 2.28 bits per heavy atom. The van der Waals surface area contributed by atoms with Crippen LogP contribution in [-0.4, -0.2) is 62.8 Å². The number of amides is 1. The second-order valence-electron chi connectivity index (χ2n) is 7.67. The van der Waals surface area contributed by atoms with Gasteiger partial charge in [0.15, 0.2) is 11.5 Å². The third kappa shape index (κ3) is 5.54. The van der Waals surface area contributed by atoms with E-state index in [9.17, 15) is 14.9 Å². The van der Waals surface area contributed by atoms with E-state index < -0.39 is 4.92 Å². The number of piperidine rings is 1. The Morgan fingerprint density at radius 1 is 1.06 bits per heavy atom. The molecule has 9 nitrogen and oxygen atoms in total. The number of likely N-dealkylation sites (tertiary alicyclic amines) is 1. The highest BCUT2D eigenvalue weighted by molar-refractivity contribution is 5.95.